The van der Waals surface area contributed by atoms with E-state index in [1.807, 2.05) is 55.5 Å². The maximum Gasteiger partial charge on any atom is 0.336 e. The Balaban J connectivity index is 1.51. The van der Waals surface area contributed by atoms with Gasteiger partial charge < -0.3 is 10.1 Å². The second-order valence-electron chi connectivity index (χ2n) is 8.82. The van der Waals surface area contributed by atoms with Crippen molar-refractivity contribution in [2.24, 2.45) is 0 Å². The molecule has 6 nitrogen and oxygen atoms in total. The fourth-order valence-electron chi connectivity index (χ4n) is 4.06. The Morgan fingerprint density at radius 2 is 1.56 bits per heavy atom. The van der Waals surface area contributed by atoms with Crippen LogP contribution in [-0.2, 0) is 4.79 Å². The van der Waals surface area contributed by atoms with Gasteiger partial charge in [0, 0.05) is 17.7 Å². The van der Waals surface area contributed by atoms with Crippen molar-refractivity contribution >= 4 is 11.6 Å². The number of nitrogens with one attached hydrogen (secondary N) is 1. The van der Waals surface area contributed by atoms with Gasteiger partial charge in [0.25, 0.3) is 0 Å². The van der Waals surface area contributed by atoms with Gasteiger partial charge in [-0.1, -0.05) is 82.6 Å². The van der Waals surface area contributed by atoms with Crippen LogP contribution in [0, 0.1) is 6.92 Å². The van der Waals surface area contributed by atoms with Crippen LogP contribution in [0.4, 0.5) is 5.69 Å². The zero-order valence-electron chi connectivity index (χ0n) is 20.8. The molecule has 0 aliphatic rings. The van der Waals surface area contributed by atoms with E-state index in [2.05, 4.69) is 22.3 Å². The van der Waals surface area contributed by atoms with Crippen molar-refractivity contribution in [3.05, 3.63) is 54.1 Å². The van der Waals surface area contributed by atoms with Crippen molar-refractivity contribution in [2.45, 2.75) is 78.1 Å². The average molecular weight is 463 g/mol. The van der Waals surface area contributed by atoms with Crippen LogP contribution < -0.4 is 10.1 Å². The highest BCUT2D eigenvalue weighted by atomic mass is 16.5. The summed E-state index contributed by atoms with van der Waals surface area (Å²) in [6.07, 6.45) is 11.8. The molecule has 0 saturated heterocycles. The Morgan fingerprint density at radius 3 is 2.21 bits per heavy atom. The van der Waals surface area contributed by atoms with E-state index in [0.29, 0.717) is 12.4 Å². The summed E-state index contributed by atoms with van der Waals surface area (Å²) >= 11 is 0. The number of ether oxygens (including phenoxy) is 1. The van der Waals surface area contributed by atoms with Gasteiger partial charge in [-0.3, -0.25) is 4.79 Å². The Morgan fingerprint density at radius 1 is 0.912 bits per heavy atom. The molecule has 1 N–H and O–H groups in total. The summed E-state index contributed by atoms with van der Waals surface area (Å²) in [6, 6.07) is 16.1. The van der Waals surface area contributed by atoms with E-state index in [1.54, 1.807) is 11.8 Å². The highest BCUT2D eigenvalue weighted by Gasteiger charge is 2.15. The van der Waals surface area contributed by atoms with Gasteiger partial charge in [-0.05, 0) is 43.2 Å². The number of carbonyl (C=O) groups excluding carboxylic acids is 1. The number of benzene rings is 2. The third kappa shape index (κ3) is 7.44. The number of amides is 1. The number of unbranched alkanes of at least 4 members (excludes halogenated alkanes) is 8. The van der Waals surface area contributed by atoms with Crippen LogP contribution in [0.3, 0.4) is 0 Å². The molecule has 3 aromatic rings. The first-order chi connectivity index (χ1) is 16.6. The number of aryl methyl sites for hydroxylation is 1. The number of aromatic nitrogens is 3. The highest BCUT2D eigenvalue weighted by Crippen LogP contribution is 2.26. The Hall–Kier alpha value is -3.15. The quantitative estimate of drug-likeness (QED) is 0.259. The topological polar surface area (TPSA) is 69.0 Å². The second-order valence-corrected chi connectivity index (χ2v) is 8.82. The van der Waals surface area contributed by atoms with Crippen LogP contribution in [0.15, 0.2) is 48.5 Å². The molecule has 0 aliphatic carbocycles. The third-order valence-electron chi connectivity index (χ3n) is 6.06. The summed E-state index contributed by atoms with van der Waals surface area (Å²) in [4.78, 5) is 16.9. The molecule has 34 heavy (non-hydrogen) atoms. The van der Waals surface area contributed by atoms with E-state index in [1.165, 1.54) is 44.9 Å². The first-order valence-corrected chi connectivity index (χ1v) is 12.6. The van der Waals surface area contributed by atoms with E-state index < -0.39 is 0 Å². The predicted octanol–water partition coefficient (Wildman–Crippen LogP) is 7.11. The molecular weight excluding hydrogens is 424 g/mol. The maximum absolute atomic E-state index is 12.3. The summed E-state index contributed by atoms with van der Waals surface area (Å²) in [5.41, 5.74) is 3.75. The van der Waals surface area contributed by atoms with Crippen molar-refractivity contribution in [1.29, 1.82) is 0 Å². The van der Waals surface area contributed by atoms with Crippen LogP contribution in [0.2, 0.25) is 0 Å². The monoisotopic (exact) mass is 462 g/mol. The van der Waals surface area contributed by atoms with Gasteiger partial charge in [0.15, 0.2) is 5.82 Å². The second kappa shape index (κ2) is 13.5. The van der Waals surface area contributed by atoms with Gasteiger partial charge in [0.05, 0.1) is 12.8 Å². The van der Waals surface area contributed by atoms with Gasteiger partial charge >= 0.3 is 6.01 Å². The number of hydrogen-bond acceptors (Lipinski definition) is 4. The number of hydrogen-bond donors (Lipinski definition) is 1. The van der Waals surface area contributed by atoms with E-state index in [4.69, 9.17) is 4.74 Å². The van der Waals surface area contributed by atoms with Crippen LogP contribution in [0.5, 0.6) is 6.01 Å². The summed E-state index contributed by atoms with van der Waals surface area (Å²) < 4.78 is 7.05. The standard InChI is InChI=1S/C28H38N4O2/c1-4-5-6-7-8-9-10-11-12-17-26(33)29-23-18-20-24(21-19-23)32-27(30-28(31-32)34-3)25-16-14-13-15-22(25)2/h13-16,18-21H,4-12,17H2,1-3H3,(H,29,33). The largest absolute Gasteiger partial charge is 0.466 e. The Labute approximate surface area is 203 Å². The Bertz CT molecular complexity index is 1030. The number of anilines is 1. The zero-order valence-corrected chi connectivity index (χ0v) is 20.8. The summed E-state index contributed by atoms with van der Waals surface area (Å²) in [5, 5.41) is 7.50. The fraction of sp³-hybridized carbons (Fsp3) is 0.464. The normalized spacial score (nSPS) is 10.9. The molecule has 1 aromatic heterocycles. The number of nitrogens with zero attached hydrogens (tertiary/aromatic N) is 3. The minimum absolute atomic E-state index is 0.0683. The lowest BCUT2D eigenvalue weighted by Gasteiger charge is -2.09. The van der Waals surface area contributed by atoms with Gasteiger partial charge in [0.2, 0.25) is 5.91 Å². The van der Waals surface area contributed by atoms with Crippen molar-refractivity contribution in [2.75, 3.05) is 12.4 Å². The van der Waals surface area contributed by atoms with E-state index in [0.717, 1.165) is 41.2 Å². The minimum Gasteiger partial charge on any atom is -0.466 e. The predicted molar refractivity (Wildman–Crippen MR) is 139 cm³/mol. The van der Waals surface area contributed by atoms with E-state index in [-0.39, 0.29) is 5.91 Å². The molecule has 182 valence electrons. The molecule has 6 heteroatoms. The first kappa shape index (κ1) is 25.5. The molecule has 3 rings (SSSR count). The molecule has 1 amide bonds. The van der Waals surface area contributed by atoms with E-state index in [9.17, 15) is 4.79 Å². The molecule has 0 spiro atoms. The zero-order chi connectivity index (χ0) is 24.2. The van der Waals surface area contributed by atoms with E-state index >= 15 is 0 Å². The summed E-state index contributed by atoms with van der Waals surface area (Å²) in [6.45, 7) is 4.29. The van der Waals surface area contributed by atoms with Crippen molar-refractivity contribution < 1.29 is 9.53 Å². The lowest BCUT2D eigenvalue weighted by molar-refractivity contribution is -0.116. The molecule has 1 heterocycles. The SMILES string of the molecule is CCCCCCCCCCCC(=O)Nc1ccc(-n2nc(OC)nc2-c2ccccc2C)cc1. The van der Waals surface area contributed by atoms with Crippen molar-refractivity contribution in [3.63, 3.8) is 0 Å². The molecule has 0 unspecified atom stereocenters. The molecule has 0 fully saturated rings. The van der Waals surface area contributed by atoms with Gasteiger partial charge in [-0.15, -0.1) is 5.10 Å². The van der Waals surface area contributed by atoms with Crippen LogP contribution in [0.25, 0.3) is 17.1 Å². The smallest absolute Gasteiger partial charge is 0.336 e. The van der Waals surface area contributed by atoms with Crippen LogP contribution in [-0.4, -0.2) is 27.8 Å². The number of rotatable bonds is 14. The van der Waals surface area contributed by atoms with Gasteiger partial charge in [0.1, 0.15) is 0 Å². The highest BCUT2D eigenvalue weighted by molar-refractivity contribution is 5.90. The molecule has 0 atom stereocenters. The first-order valence-electron chi connectivity index (χ1n) is 12.6. The van der Waals surface area contributed by atoms with Crippen LogP contribution in [0.1, 0.15) is 76.7 Å². The molecule has 0 aliphatic heterocycles. The maximum atomic E-state index is 12.3. The van der Waals surface area contributed by atoms with Gasteiger partial charge in [-0.2, -0.15) is 4.98 Å². The molecule has 0 saturated carbocycles. The van der Waals surface area contributed by atoms with Crippen molar-refractivity contribution in [1.82, 2.24) is 14.8 Å². The fourth-order valence-corrected chi connectivity index (χ4v) is 4.06. The van der Waals surface area contributed by atoms with Crippen LogP contribution >= 0.6 is 0 Å². The molecule has 2 aromatic carbocycles. The average Bonchev–Trinajstić information content (AvgIpc) is 3.28. The lowest BCUT2D eigenvalue weighted by Crippen LogP contribution is -2.11. The summed E-state index contributed by atoms with van der Waals surface area (Å²) in [5.74, 6) is 0.788. The summed E-state index contributed by atoms with van der Waals surface area (Å²) in [7, 11) is 1.56. The molecule has 0 radical (unpaired) electrons. The third-order valence-corrected chi connectivity index (χ3v) is 6.06. The Kier molecular flexibility index (Phi) is 10.1. The van der Waals surface area contributed by atoms with Crippen molar-refractivity contribution in [3.8, 4) is 23.1 Å². The number of carbonyl (C=O) groups is 1. The minimum atomic E-state index is 0.0683. The lowest BCUT2D eigenvalue weighted by atomic mass is 10.1. The van der Waals surface area contributed by atoms with Gasteiger partial charge in [-0.25, -0.2) is 4.68 Å². The molecule has 0 bridgehead atoms. The number of methoxy groups -OCH3 is 1. The molecular formula is C28H38N4O2.